The van der Waals surface area contributed by atoms with Gasteiger partial charge in [0.2, 0.25) is 0 Å². The third kappa shape index (κ3) is 1.48. The molecule has 1 unspecified atom stereocenters. The van der Waals surface area contributed by atoms with Crippen LogP contribution in [0, 0.1) is 6.92 Å². The Bertz CT molecular complexity index is 253. The van der Waals surface area contributed by atoms with Crippen LogP contribution in [0.25, 0.3) is 0 Å². The van der Waals surface area contributed by atoms with Gasteiger partial charge in [0.1, 0.15) is 5.60 Å². The summed E-state index contributed by atoms with van der Waals surface area (Å²) in [5, 5.41) is 3.71. The lowest BCUT2D eigenvalue weighted by atomic mass is 10.0. The van der Waals surface area contributed by atoms with Gasteiger partial charge in [-0.3, -0.25) is 0 Å². The smallest absolute Gasteiger partial charge is 0.258 e. The summed E-state index contributed by atoms with van der Waals surface area (Å²) in [7, 11) is 1.64. The fourth-order valence-corrected chi connectivity index (χ4v) is 0.895. The second-order valence-electron chi connectivity index (χ2n) is 2.94. The van der Waals surface area contributed by atoms with E-state index in [1.54, 1.807) is 14.0 Å². The highest BCUT2D eigenvalue weighted by atomic mass is 16.5. The minimum Gasteiger partial charge on any atom is -0.369 e. The van der Waals surface area contributed by atoms with Crippen LogP contribution in [0.3, 0.4) is 0 Å². The summed E-state index contributed by atoms with van der Waals surface area (Å²) in [5.41, 5.74) is -0.443. The van der Waals surface area contributed by atoms with Crippen molar-refractivity contribution in [3.8, 4) is 0 Å². The lowest BCUT2D eigenvalue weighted by Gasteiger charge is -2.21. The first kappa shape index (κ1) is 9.19. The van der Waals surface area contributed by atoms with Crippen LogP contribution in [0.5, 0.6) is 0 Å². The summed E-state index contributed by atoms with van der Waals surface area (Å²) in [6.45, 7) is 5.74. The molecular formula is C8H14N2O2. The molecule has 0 N–H and O–H groups in total. The van der Waals surface area contributed by atoms with Crippen molar-refractivity contribution in [3.05, 3.63) is 11.7 Å². The van der Waals surface area contributed by atoms with Crippen molar-refractivity contribution < 1.29 is 9.26 Å². The van der Waals surface area contributed by atoms with Gasteiger partial charge in [-0.15, -0.1) is 0 Å². The predicted molar refractivity (Wildman–Crippen MR) is 43.7 cm³/mol. The number of aromatic nitrogens is 2. The molecule has 0 aliphatic heterocycles. The van der Waals surface area contributed by atoms with Gasteiger partial charge in [-0.05, 0) is 20.3 Å². The molecule has 0 spiro atoms. The fraction of sp³-hybridized carbons (Fsp3) is 0.750. The van der Waals surface area contributed by atoms with Crippen molar-refractivity contribution in [1.29, 1.82) is 0 Å². The van der Waals surface area contributed by atoms with Gasteiger partial charge in [0.15, 0.2) is 5.82 Å². The van der Waals surface area contributed by atoms with Crippen LogP contribution in [-0.4, -0.2) is 17.3 Å². The van der Waals surface area contributed by atoms with Crippen molar-refractivity contribution in [2.45, 2.75) is 32.8 Å². The van der Waals surface area contributed by atoms with Crippen molar-refractivity contribution in [3.63, 3.8) is 0 Å². The largest absolute Gasteiger partial charge is 0.369 e. The van der Waals surface area contributed by atoms with E-state index in [-0.39, 0.29) is 0 Å². The zero-order valence-electron chi connectivity index (χ0n) is 7.92. The Morgan fingerprint density at radius 3 is 2.58 bits per heavy atom. The molecule has 1 atom stereocenters. The van der Waals surface area contributed by atoms with Gasteiger partial charge in [0.05, 0.1) is 0 Å². The minimum atomic E-state index is -0.443. The summed E-state index contributed by atoms with van der Waals surface area (Å²) < 4.78 is 10.3. The lowest BCUT2D eigenvalue weighted by Crippen LogP contribution is -2.23. The molecule has 68 valence electrons. The molecule has 1 heterocycles. The quantitative estimate of drug-likeness (QED) is 0.692. The van der Waals surface area contributed by atoms with Crippen LogP contribution in [0.1, 0.15) is 32.0 Å². The number of rotatable bonds is 3. The number of hydrogen-bond donors (Lipinski definition) is 0. The first-order valence-electron chi connectivity index (χ1n) is 3.98. The Labute approximate surface area is 71.9 Å². The minimum absolute atomic E-state index is 0.443. The molecule has 0 saturated carbocycles. The van der Waals surface area contributed by atoms with Crippen molar-refractivity contribution >= 4 is 0 Å². The normalized spacial score (nSPS) is 16.0. The number of hydrogen-bond acceptors (Lipinski definition) is 4. The standard InChI is InChI=1S/C8H14N2O2/c1-5-8(3,11-4)7-9-6(2)10-12-7/h5H2,1-4H3. The third-order valence-electron chi connectivity index (χ3n) is 2.11. The molecule has 0 aromatic carbocycles. The molecule has 1 rings (SSSR count). The lowest BCUT2D eigenvalue weighted by molar-refractivity contribution is -0.0272. The van der Waals surface area contributed by atoms with E-state index in [1.165, 1.54) is 0 Å². The summed E-state index contributed by atoms with van der Waals surface area (Å²) in [4.78, 5) is 4.12. The van der Waals surface area contributed by atoms with Gasteiger partial charge in [0.25, 0.3) is 5.89 Å². The van der Waals surface area contributed by atoms with Crippen LogP contribution < -0.4 is 0 Å². The van der Waals surface area contributed by atoms with Crippen LogP contribution >= 0.6 is 0 Å². The van der Waals surface area contributed by atoms with Crippen LogP contribution in [0.2, 0.25) is 0 Å². The highest BCUT2D eigenvalue weighted by molar-refractivity contribution is 4.95. The van der Waals surface area contributed by atoms with E-state index in [2.05, 4.69) is 10.1 Å². The Morgan fingerprint density at radius 2 is 2.25 bits per heavy atom. The van der Waals surface area contributed by atoms with Gasteiger partial charge in [-0.25, -0.2) is 0 Å². The second-order valence-corrected chi connectivity index (χ2v) is 2.94. The topological polar surface area (TPSA) is 48.2 Å². The Balaban J connectivity index is 2.94. The Morgan fingerprint density at radius 1 is 1.58 bits per heavy atom. The molecule has 1 aromatic rings. The summed E-state index contributed by atoms with van der Waals surface area (Å²) >= 11 is 0. The monoisotopic (exact) mass is 170 g/mol. The molecule has 0 bridgehead atoms. The Kier molecular flexibility index (Phi) is 2.47. The molecule has 0 aliphatic rings. The average Bonchev–Trinajstić information content (AvgIpc) is 2.51. The second kappa shape index (κ2) is 3.23. The van der Waals surface area contributed by atoms with E-state index in [0.717, 1.165) is 6.42 Å². The first-order valence-corrected chi connectivity index (χ1v) is 3.98. The fourth-order valence-electron chi connectivity index (χ4n) is 0.895. The maximum atomic E-state index is 5.29. The summed E-state index contributed by atoms with van der Waals surface area (Å²) in [5.74, 6) is 1.19. The third-order valence-corrected chi connectivity index (χ3v) is 2.11. The number of methoxy groups -OCH3 is 1. The van der Waals surface area contributed by atoms with Gasteiger partial charge in [-0.1, -0.05) is 12.1 Å². The zero-order chi connectivity index (χ0) is 9.19. The highest BCUT2D eigenvalue weighted by Gasteiger charge is 2.30. The maximum absolute atomic E-state index is 5.29. The summed E-state index contributed by atoms with van der Waals surface area (Å²) in [6, 6.07) is 0. The molecule has 0 radical (unpaired) electrons. The number of aryl methyl sites for hydroxylation is 1. The molecule has 0 fully saturated rings. The van der Waals surface area contributed by atoms with Crippen molar-refractivity contribution in [2.75, 3.05) is 7.11 Å². The van der Waals surface area contributed by atoms with Gasteiger partial charge in [0, 0.05) is 7.11 Å². The van der Waals surface area contributed by atoms with E-state index >= 15 is 0 Å². The molecule has 0 amide bonds. The molecule has 0 aliphatic carbocycles. The van der Waals surface area contributed by atoms with E-state index in [1.807, 2.05) is 13.8 Å². The number of nitrogens with zero attached hydrogens (tertiary/aromatic N) is 2. The van der Waals surface area contributed by atoms with Crippen molar-refractivity contribution in [1.82, 2.24) is 10.1 Å². The number of ether oxygens (including phenoxy) is 1. The van der Waals surface area contributed by atoms with Crippen LogP contribution in [0.15, 0.2) is 4.52 Å². The van der Waals surface area contributed by atoms with E-state index in [9.17, 15) is 0 Å². The summed E-state index contributed by atoms with van der Waals surface area (Å²) in [6.07, 6.45) is 0.811. The average molecular weight is 170 g/mol. The van der Waals surface area contributed by atoms with Gasteiger partial charge in [-0.2, -0.15) is 4.98 Å². The first-order chi connectivity index (χ1) is 5.62. The predicted octanol–water partition coefficient (Wildman–Crippen LogP) is 1.65. The van der Waals surface area contributed by atoms with E-state index < -0.39 is 5.60 Å². The van der Waals surface area contributed by atoms with E-state index in [0.29, 0.717) is 11.7 Å². The highest BCUT2D eigenvalue weighted by Crippen LogP contribution is 2.25. The molecular weight excluding hydrogens is 156 g/mol. The van der Waals surface area contributed by atoms with Gasteiger partial charge >= 0.3 is 0 Å². The molecule has 1 aromatic heterocycles. The van der Waals surface area contributed by atoms with E-state index in [4.69, 9.17) is 9.26 Å². The molecule has 4 heteroatoms. The Hall–Kier alpha value is -0.900. The zero-order valence-corrected chi connectivity index (χ0v) is 7.92. The molecule has 12 heavy (non-hydrogen) atoms. The molecule has 4 nitrogen and oxygen atoms in total. The van der Waals surface area contributed by atoms with Crippen molar-refractivity contribution in [2.24, 2.45) is 0 Å². The SMILES string of the molecule is CCC(C)(OC)c1nc(C)no1. The molecule has 0 saturated heterocycles. The van der Waals surface area contributed by atoms with Gasteiger partial charge < -0.3 is 9.26 Å². The maximum Gasteiger partial charge on any atom is 0.258 e. The van der Waals surface area contributed by atoms with Crippen LogP contribution in [-0.2, 0) is 10.3 Å². The van der Waals surface area contributed by atoms with Crippen LogP contribution in [0.4, 0.5) is 0 Å².